The van der Waals surface area contributed by atoms with Crippen LogP contribution in [0.3, 0.4) is 0 Å². The third-order valence-corrected chi connectivity index (χ3v) is 4.75. The first-order valence-corrected chi connectivity index (χ1v) is 6.70. The minimum absolute atomic E-state index is 0.795. The van der Waals surface area contributed by atoms with E-state index < -0.39 is 0 Å². The van der Waals surface area contributed by atoms with Crippen LogP contribution < -0.4 is 5.32 Å². The number of fused-ring (bicyclic) bond motifs is 2. The summed E-state index contributed by atoms with van der Waals surface area (Å²) in [5.74, 6) is 3.97. The Labute approximate surface area is 92.8 Å². The van der Waals surface area contributed by atoms with Crippen LogP contribution in [0.15, 0.2) is 0 Å². The van der Waals surface area contributed by atoms with E-state index in [0.717, 1.165) is 36.9 Å². The van der Waals surface area contributed by atoms with Gasteiger partial charge in [0.15, 0.2) is 0 Å². The van der Waals surface area contributed by atoms with Gasteiger partial charge in [0, 0.05) is 13.2 Å². The Morgan fingerprint density at radius 3 is 2.73 bits per heavy atom. The molecule has 2 heteroatoms. The van der Waals surface area contributed by atoms with Crippen molar-refractivity contribution in [1.29, 1.82) is 0 Å². The molecular formula is C13H23NO. The normalized spacial score (nSPS) is 44.0. The van der Waals surface area contributed by atoms with E-state index in [0.29, 0.717) is 0 Å². The Bertz CT molecular complexity index is 213. The second-order valence-corrected chi connectivity index (χ2v) is 5.82. The van der Waals surface area contributed by atoms with E-state index in [9.17, 15) is 0 Å². The van der Waals surface area contributed by atoms with Crippen molar-refractivity contribution in [2.24, 2.45) is 23.7 Å². The fraction of sp³-hybridized carbons (Fsp3) is 1.00. The van der Waals surface area contributed by atoms with Gasteiger partial charge >= 0.3 is 0 Å². The SMILES string of the molecule is C1CC(CNCC2CC3CCC2C3)CO1. The highest BCUT2D eigenvalue weighted by atomic mass is 16.5. The molecule has 2 bridgehead atoms. The molecule has 3 rings (SSSR count). The zero-order valence-electron chi connectivity index (χ0n) is 9.58. The van der Waals surface area contributed by atoms with E-state index in [1.54, 1.807) is 6.42 Å². The number of ether oxygens (including phenoxy) is 1. The van der Waals surface area contributed by atoms with Gasteiger partial charge in [0.05, 0.1) is 6.61 Å². The molecule has 15 heavy (non-hydrogen) atoms. The Balaban J connectivity index is 1.36. The summed E-state index contributed by atoms with van der Waals surface area (Å²) in [5, 5.41) is 3.67. The quantitative estimate of drug-likeness (QED) is 0.765. The summed E-state index contributed by atoms with van der Waals surface area (Å²) in [5.41, 5.74) is 0. The van der Waals surface area contributed by atoms with Gasteiger partial charge in [-0.05, 0) is 55.9 Å². The average molecular weight is 209 g/mol. The van der Waals surface area contributed by atoms with Crippen LogP contribution >= 0.6 is 0 Å². The maximum atomic E-state index is 5.39. The van der Waals surface area contributed by atoms with E-state index in [1.807, 2.05) is 0 Å². The predicted octanol–water partition coefficient (Wildman–Crippen LogP) is 2.05. The molecular weight excluding hydrogens is 186 g/mol. The molecule has 3 aliphatic rings. The summed E-state index contributed by atoms with van der Waals surface area (Å²) >= 11 is 0. The monoisotopic (exact) mass is 209 g/mol. The number of hydrogen-bond donors (Lipinski definition) is 1. The summed E-state index contributed by atoms with van der Waals surface area (Å²) < 4.78 is 5.39. The highest BCUT2D eigenvalue weighted by Crippen LogP contribution is 2.47. The molecule has 0 aromatic rings. The molecule has 2 nitrogen and oxygen atoms in total. The topological polar surface area (TPSA) is 21.3 Å². The zero-order chi connectivity index (χ0) is 10.1. The fourth-order valence-corrected chi connectivity index (χ4v) is 3.84. The molecule has 0 amide bonds. The molecule has 4 unspecified atom stereocenters. The predicted molar refractivity (Wildman–Crippen MR) is 60.7 cm³/mol. The van der Waals surface area contributed by atoms with Gasteiger partial charge < -0.3 is 10.1 Å². The molecule has 1 saturated heterocycles. The third-order valence-electron chi connectivity index (χ3n) is 4.75. The van der Waals surface area contributed by atoms with Crippen LogP contribution in [0.25, 0.3) is 0 Å². The molecule has 2 aliphatic carbocycles. The lowest BCUT2D eigenvalue weighted by Gasteiger charge is -2.22. The second-order valence-electron chi connectivity index (χ2n) is 5.82. The average Bonchev–Trinajstić information content (AvgIpc) is 2.93. The van der Waals surface area contributed by atoms with Crippen molar-refractivity contribution in [3.8, 4) is 0 Å². The maximum absolute atomic E-state index is 5.39. The standard InChI is InChI=1S/C13H23NO/c1-2-12-5-10(1)6-13(12)8-14-7-11-3-4-15-9-11/h10-14H,1-9H2. The van der Waals surface area contributed by atoms with Crippen LogP contribution in [0.2, 0.25) is 0 Å². The van der Waals surface area contributed by atoms with Gasteiger partial charge in [-0.2, -0.15) is 0 Å². The molecule has 0 aromatic heterocycles. The van der Waals surface area contributed by atoms with Crippen molar-refractivity contribution in [3.05, 3.63) is 0 Å². The van der Waals surface area contributed by atoms with Gasteiger partial charge in [0.1, 0.15) is 0 Å². The zero-order valence-corrected chi connectivity index (χ0v) is 9.58. The Morgan fingerprint density at radius 1 is 1.07 bits per heavy atom. The van der Waals surface area contributed by atoms with Crippen molar-refractivity contribution < 1.29 is 4.74 Å². The van der Waals surface area contributed by atoms with Crippen molar-refractivity contribution in [2.75, 3.05) is 26.3 Å². The smallest absolute Gasteiger partial charge is 0.0507 e. The van der Waals surface area contributed by atoms with E-state index in [1.165, 1.54) is 38.8 Å². The van der Waals surface area contributed by atoms with Gasteiger partial charge in [-0.1, -0.05) is 6.42 Å². The first-order valence-electron chi connectivity index (χ1n) is 6.70. The molecule has 1 heterocycles. The van der Waals surface area contributed by atoms with E-state index in [2.05, 4.69) is 5.32 Å². The van der Waals surface area contributed by atoms with Crippen molar-refractivity contribution in [1.82, 2.24) is 5.32 Å². The lowest BCUT2D eigenvalue weighted by molar-refractivity contribution is 0.184. The summed E-state index contributed by atoms with van der Waals surface area (Å²) in [6.07, 6.45) is 7.36. The van der Waals surface area contributed by atoms with Crippen LogP contribution in [-0.2, 0) is 4.74 Å². The van der Waals surface area contributed by atoms with Gasteiger partial charge in [0.25, 0.3) is 0 Å². The van der Waals surface area contributed by atoms with Crippen LogP contribution in [0, 0.1) is 23.7 Å². The number of nitrogens with one attached hydrogen (secondary N) is 1. The highest BCUT2D eigenvalue weighted by Gasteiger charge is 2.38. The van der Waals surface area contributed by atoms with Crippen LogP contribution in [0.5, 0.6) is 0 Å². The minimum atomic E-state index is 0.795. The molecule has 4 atom stereocenters. The lowest BCUT2D eigenvalue weighted by Crippen LogP contribution is -2.30. The second kappa shape index (κ2) is 4.42. The molecule has 1 N–H and O–H groups in total. The number of rotatable bonds is 4. The summed E-state index contributed by atoms with van der Waals surface area (Å²) in [4.78, 5) is 0. The Hall–Kier alpha value is -0.0800. The largest absolute Gasteiger partial charge is 0.381 e. The maximum Gasteiger partial charge on any atom is 0.0507 e. The molecule has 3 fully saturated rings. The third kappa shape index (κ3) is 2.21. The van der Waals surface area contributed by atoms with Crippen LogP contribution in [-0.4, -0.2) is 26.3 Å². The Morgan fingerprint density at radius 2 is 2.07 bits per heavy atom. The van der Waals surface area contributed by atoms with Gasteiger partial charge in [-0.25, -0.2) is 0 Å². The highest BCUT2D eigenvalue weighted by molar-refractivity contribution is 4.90. The summed E-state index contributed by atoms with van der Waals surface area (Å²) in [6, 6.07) is 0. The van der Waals surface area contributed by atoms with Crippen molar-refractivity contribution in [2.45, 2.75) is 32.1 Å². The van der Waals surface area contributed by atoms with E-state index in [4.69, 9.17) is 4.74 Å². The Kier molecular flexibility index (Phi) is 2.98. The fourth-order valence-electron chi connectivity index (χ4n) is 3.84. The van der Waals surface area contributed by atoms with Crippen LogP contribution in [0.4, 0.5) is 0 Å². The van der Waals surface area contributed by atoms with Gasteiger partial charge in [0.2, 0.25) is 0 Å². The summed E-state index contributed by atoms with van der Waals surface area (Å²) in [7, 11) is 0. The van der Waals surface area contributed by atoms with E-state index in [-0.39, 0.29) is 0 Å². The van der Waals surface area contributed by atoms with Crippen LogP contribution in [0.1, 0.15) is 32.1 Å². The van der Waals surface area contributed by atoms with Crippen molar-refractivity contribution >= 4 is 0 Å². The molecule has 1 aliphatic heterocycles. The van der Waals surface area contributed by atoms with E-state index >= 15 is 0 Å². The number of hydrogen-bond acceptors (Lipinski definition) is 2. The molecule has 0 spiro atoms. The molecule has 2 saturated carbocycles. The first-order chi connectivity index (χ1) is 7.42. The van der Waals surface area contributed by atoms with Gasteiger partial charge in [-0.15, -0.1) is 0 Å². The minimum Gasteiger partial charge on any atom is -0.381 e. The lowest BCUT2D eigenvalue weighted by atomic mass is 9.89. The first kappa shape index (κ1) is 10.1. The molecule has 86 valence electrons. The summed E-state index contributed by atoms with van der Waals surface area (Å²) in [6.45, 7) is 4.44. The van der Waals surface area contributed by atoms with Crippen molar-refractivity contribution in [3.63, 3.8) is 0 Å². The van der Waals surface area contributed by atoms with Gasteiger partial charge in [-0.3, -0.25) is 0 Å². The molecule has 0 aromatic carbocycles. The molecule has 0 radical (unpaired) electrons.